The molecule has 2 unspecified atom stereocenters. The standard InChI is InChI=1S/C16H22BrNO2/c17-14-4-3-13-9-16(11-19,6-5-12(13)8-14)18-10-15-2-1-7-20-15/h3-4,8,15,18-19H,1-2,5-7,9-11H2. The molecule has 1 fully saturated rings. The second-order valence-corrected chi connectivity index (χ2v) is 6.96. The minimum Gasteiger partial charge on any atom is -0.394 e. The molecule has 20 heavy (non-hydrogen) atoms. The summed E-state index contributed by atoms with van der Waals surface area (Å²) in [5.74, 6) is 0. The number of benzene rings is 1. The molecule has 2 atom stereocenters. The summed E-state index contributed by atoms with van der Waals surface area (Å²) < 4.78 is 6.81. The first-order chi connectivity index (χ1) is 9.71. The summed E-state index contributed by atoms with van der Waals surface area (Å²) in [6.45, 7) is 1.93. The topological polar surface area (TPSA) is 41.5 Å². The van der Waals surface area contributed by atoms with Crippen molar-refractivity contribution in [3.05, 3.63) is 33.8 Å². The zero-order chi connectivity index (χ0) is 14.0. The van der Waals surface area contributed by atoms with Crippen molar-refractivity contribution in [1.29, 1.82) is 0 Å². The van der Waals surface area contributed by atoms with E-state index in [-0.39, 0.29) is 12.1 Å². The molecule has 3 nitrogen and oxygen atoms in total. The first-order valence-corrected chi connectivity index (χ1v) is 8.25. The third-order valence-corrected chi connectivity index (χ3v) is 5.09. The highest BCUT2D eigenvalue weighted by Gasteiger charge is 2.34. The van der Waals surface area contributed by atoms with Crippen LogP contribution in [0.15, 0.2) is 22.7 Å². The summed E-state index contributed by atoms with van der Waals surface area (Å²) in [7, 11) is 0. The van der Waals surface area contributed by atoms with Crippen molar-refractivity contribution in [2.45, 2.75) is 43.7 Å². The monoisotopic (exact) mass is 339 g/mol. The third-order valence-electron chi connectivity index (χ3n) is 4.60. The predicted octanol–water partition coefficient (Wildman–Crippen LogP) is 2.44. The molecule has 1 aromatic carbocycles. The Kier molecular flexibility index (Phi) is 4.46. The van der Waals surface area contributed by atoms with Gasteiger partial charge in [0.2, 0.25) is 0 Å². The first kappa shape index (κ1) is 14.5. The Morgan fingerprint density at radius 1 is 1.40 bits per heavy atom. The van der Waals surface area contributed by atoms with Gasteiger partial charge in [0.05, 0.1) is 12.7 Å². The van der Waals surface area contributed by atoms with E-state index in [0.29, 0.717) is 6.10 Å². The molecule has 0 spiro atoms. The van der Waals surface area contributed by atoms with Crippen molar-refractivity contribution < 1.29 is 9.84 Å². The van der Waals surface area contributed by atoms with Crippen LogP contribution in [-0.2, 0) is 17.6 Å². The van der Waals surface area contributed by atoms with Crippen molar-refractivity contribution in [3.8, 4) is 0 Å². The molecule has 0 aromatic heterocycles. The maximum Gasteiger partial charge on any atom is 0.0700 e. The molecule has 1 heterocycles. The lowest BCUT2D eigenvalue weighted by Gasteiger charge is -2.38. The van der Waals surface area contributed by atoms with Gasteiger partial charge in [-0.05, 0) is 55.4 Å². The van der Waals surface area contributed by atoms with Gasteiger partial charge in [0.1, 0.15) is 0 Å². The zero-order valence-corrected chi connectivity index (χ0v) is 13.3. The molecule has 1 aliphatic carbocycles. The van der Waals surface area contributed by atoms with E-state index in [1.165, 1.54) is 11.1 Å². The van der Waals surface area contributed by atoms with Gasteiger partial charge in [-0.1, -0.05) is 22.0 Å². The van der Waals surface area contributed by atoms with E-state index in [1.807, 2.05) is 0 Å². The molecule has 3 rings (SSSR count). The van der Waals surface area contributed by atoms with Crippen LogP contribution in [-0.4, -0.2) is 36.5 Å². The Bertz CT molecular complexity index is 474. The smallest absolute Gasteiger partial charge is 0.0700 e. The molecule has 4 heteroatoms. The van der Waals surface area contributed by atoms with Gasteiger partial charge in [0.15, 0.2) is 0 Å². The lowest BCUT2D eigenvalue weighted by Crippen LogP contribution is -2.54. The average molecular weight is 340 g/mol. The Hall–Kier alpha value is -0.420. The SMILES string of the molecule is OCC1(NCC2CCCO2)CCc2cc(Br)ccc2C1. The number of rotatable bonds is 4. The summed E-state index contributed by atoms with van der Waals surface area (Å²) in [5.41, 5.74) is 2.59. The van der Waals surface area contributed by atoms with Crippen LogP contribution in [0.1, 0.15) is 30.4 Å². The largest absolute Gasteiger partial charge is 0.394 e. The normalized spacial score (nSPS) is 29.4. The molecule has 0 bridgehead atoms. The molecule has 0 saturated carbocycles. The van der Waals surface area contributed by atoms with Crippen LogP contribution in [0.2, 0.25) is 0 Å². The van der Waals surface area contributed by atoms with Gasteiger partial charge in [-0.2, -0.15) is 0 Å². The Labute approximate surface area is 128 Å². The van der Waals surface area contributed by atoms with E-state index >= 15 is 0 Å². The summed E-state index contributed by atoms with van der Waals surface area (Å²) in [5, 5.41) is 13.5. The summed E-state index contributed by atoms with van der Waals surface area (Å²) in [6, 6.07) is 6.47. The molecule has 0 amide bonds. The first-order valence-electron chi connectivity index (χ1n) is 7.46. The van der Waals surface area contributed by atoms with E-state index in [1.54, 1.807) is 0 Å². The van der Waals surface area contributed by atoms with Crippen LogP contribution in [0.4, 0.5) is 0 Å². The molecule has 2 aliphatic rings. The van der Waals surface area contributed by atoms with E-state index in [9.17, 15) is 5.11 Å². The van der Waals surface area contributed by atoms with Gasteiger partial charge in [-0.3, -0.25) is 0 Å². The number of ether oxygens (including phenoxy) is 1. The molecule has 1 aliphatic heterocycles. The lowest BCUT2D eigenvalue weighted by atomic mass is 9.78. The van der Waals surface area contributed by atoms with Crippen LogP contribution in [0.5, 0.6) is 0 Å². The predicted molar refractivity (Wildman–Crippen MR) is 83.0 cm³/mol. The number of halogens is 1. The highest BCUT2D eigenvalue weighted by Crippen LogP contribution is 2.30. The van der Waals surface area contributed by atoms with Crippen LogP contribution in [0.3, 0.4) is 0 Å². The molecular formula is C16H22BrNO2. The van der Waals surface area contributed by atoms with Crippen LogP contribution >= 0.6 is 15.9 Å². The molecular weight excluding hydrogens is 318 g/mol. The fourth-order valence-electron chi connectivity index (χ4n) is 3.30. The number of hydrogen-bond donors (Lipinski definition) is 2. The molecule has 110 valence electrons. The van der Waals surface area contributed by atoms with E-state index in [2.05, 4.69) is 39.4 Å². The second-order valence-electron chi connectivity index (χ2n) is 6.04. The van der Waals surface area contributed by atoms with Crippen molar-refractivity contribution in [3.63, 3.8) is 0 Å². The quantitative estimate of drug-likeness (QED) is 0.885. The van der Waals surface area contributed by atoms with Gasteiger partial charge in [0, 0.05) is 23.2 Å². The van der Waals surface area contributed by atoms with Gasteiger partial charge >= 0.3 is 0 Å². The second kappa shape index (κ2) is 6.14. The van der Waals surface area contributed by atoms with Crippen LogP contribution < -0.4 is 5.32 Å². The minimum absolute atomic E-state index is 0.174. The number of hydrogen-bond acceptors (Lipinski definition) is 3. The third kappa shape index (κ3) is 3.08. The fourth-order valence-corrected chi connectivity index (χ4v) is 3.71. The summed E-state index contributed by atoms with van der Waals surface area (Å²) >= 11 is 3.53. The van der Waals surface area contributed by atoms with Crippen molar-refractivity contribution in [2.75, 3.05) is 19.8 Å². The van der Waals surface area contributed by atoms with Crippen molar-refractivity contribution in [2.24, 2.45) is 0 Å². The number of fused-ring (bicyclic) bond motifs is 1. The Morgan fingerprint density at radius 3 is 3.05 bits per heavy atom. The summed E-state index contributed by atoms with van der Waals surface area (Å²) in [6.07, 6.45) is 5.53. The highest BCUT2D eigenvalue weighted by atomic mass is 79.9. The number of nitrogens with one attached hydrogen (secondary N) is 1. The van der Waals surface area contributed by atoms with Crippen LogP contribution in [0, 0.1) is 0 Å². The zero-order valence-electron chi connectivity index (χ0n) is 11.7. The van der Waals surface area contributed by atoms with Gasteiger partial charge in [-0.25, -0.2) is 0 Å². The van der Waals surface area contributed by atoms with E-state index < -0.39 is 0 Å². The number of aryl methyl sites for hydroxylation is 1. The van der Waals surface area contributed by atoms with E-state index in [4.69, 9.17) is 4.74 Å². The average Bonchev–Trinajstić information content (AvgIpc) is 2.98. The van der Waals surface area contributed by atoms with E-state index in [0.717, 1.165) is 49.7 Å². The van der Waals surface area contributed by atoms with Crippen molar-refractivity contribution in [1.82, 2.24) is 5.32 Å². The minimum atomic E-state index is -0.174. The highest BCUT2D eigenvalue weighted by molar-refractivity contribution is 9.10. The van der Waals surface area contributed by atoms with Gasteiger partial charge in [-0.15, -0.1) is 0 Å². The van der Waals surface area contributed by atoms with Gasteiger partial charge < -0.3 is 15.2 Å². The maximum absolute atomic E-state index is 9.88. The number of aliphatic hydroxyl groups excluding tert-OH is 1. The molecule has 1 saturated heterocycles. The van der Waals surface area contributed by atoms with Crippen molar-refractivity contribution >= 4 is 15.9 Å². The van der Waals surface area contributed by atoms with Crippen LogP contribution in [0.25, 0.3) is 0 Å². The van der Waals surface area contributed by atoms with Gasteiger partial charge in [0.25, 0.3) is 0 Å². The molecule has 0 radical (unpaired) electrons. The summed E-state index contributed by atoms with van der Waals surface area (Å²) in [4.78, 5) is 0. The lowest BCUT2D eigenvalue weighted by molar-refractivity contribution is 0.0831. The Balaban J connectivity index is 1.68. The molecule has 1 aromatic rings. The fraction of sp³-hybridized carbons (Fsp3) is 0.625. The molecule has 2 N–H and O–H groups in total. The number of aliphatic hydroxyl groups is 1. The Morgan fingerprint density at radius 2 is 2.30 bits per heavy atom. The maximum atomic E-state index is 9.88.